The molecule has 18 N–H and O–H groups in total. The molecule has 5 aliphatic heterocycles. The minimum atomic E-state index is -2.26. The summed E-state index contributed by atoms with van der Waals surface area (Å²) >= 11 is 0. The summed E-state index contributed by atoms with van der Waals surface area (Å²) in [6.07, 6.45) is -47.3. The van der Waals surface area contributed by atoms with E-state index in [1.54, 1.807) is 0 Å². The Morgan fingerprint density at radius 1 is 0.426 bits per heavy atom. The van der Waals surface area contributed by atoms with Crippen molar-refractivity contribution in [1.29, 1.82) is 0 Å². The first-order chi connectivity index (χ1) is 28.9. The third kappa shape index (κ3) is 10.8. The van der Waals surface area contributed by atoms with Crippen molar-refractivity contribution in [2.75, 3.05) is 39.6 Å². The first-order valence-corrected chi connectivity index (χ1v) is 19.3. The van der Waals surface area contributed by atoms with Crippen LogP contribution in [0.5, 0.6) is 0 Å². The van der Waals surface area contributed by atoms with E-state index in [0.29, 0.717) is 6.42 Å². The van der Waals surface area contributed by atoms with Gasteiger partial charge in [0.1, 0.15) is 116 Å². The number of nitrogens with two attached hydrogens (primary N) is 1. The smallest absolute Gasteiger partial charge is 0.335 e. The Morgan fingerprint density at radius 2 is 0.754 bits per heavy atom. The normalized spacial score (nSPS) is 49.7. The maximum atomic E-state index is 12.4. The Labute approximate surface area is 345 Å². The molecule has 0 radical (unpaired) electrons. The van der Waals surface area contributed by atoms with Gasteiger partial charge in [0.15, 0.2) is 37.6 Å². The van der Waals surface area contributed by atoms with E-state index in [0.717, 1.165) is 0 Å². The predicted octanol–water partition coefficient (Wildman–Crippen LogP) is -11.5. The highest BCUT2D eigenvalue weighted by Crippen LogP contribution is 2.36. The van der Waals surface area contributed by atoms with Gasteiger partial charge in [-0.2, -0.15) is 0 Å². The molecule has 61 heavy (non-hydrogen) atoms. The van der Waals surface area contributed by atoms with Crippen molar-refractivity contribution in [3.63, 3.8) is 0 Å². The van der Waals surface area contributed by atoms with Crippen LogP contribution in [-0.4, -0.2) is 281 Å². The highest BCUT2D eigenvalue weighted by molar-refractivity contribution is 5.73. The summed E-state index contributed by atoms with van der Waals surface area (Å²) < 4.78 is 54.7. The molecule has 28 nitrogen and oxygen atoms in total. The van der Waals surface area contributed by atoms with Crippen molar-refractivity contribution in [3.8, 4) is 0 Å². The SMILES string of the molecule is NCCCO[C@@H]1OC(CO)[C@@H](O[C@@H]2OC(C(=O)O)[C@@H](O[C@H]3OC(CO)[C@H](O[C@H]4OC(CO)[C@@H](O[C@@H]5OC(CO)[C@@H](O)C(O)[C@@H]5O)[C@H](O)C4O)[C@H](O)C3O)C(O)[C@@H]2O)C(O)[C@@H]1O. The molecule has 5 heterocycles. The molecule has 5 fully saturated rings. The Balaban J connectivity index is 1.23. The number of aliphatic hydroxyl groups excluding tert-OH is 15. The van der Waals surface area contributed by atoms with Gasteiger partial charge in [-0.15, -0.1) is 0 Å². The van der Waals surface area contributed by atoms with E-state index < -0.39 is 186 Å². The minimum absolute atomic E-state index is 0.0129. The van der Waals surface area contributed by atoms with Gasteiger partial charge in [-0.1, -0.05) is 0 Å². The topological polar surface area (TPSA) is 459 Å². The number of aliphatic carboxylic acids is 1. The lowest BCUT2D eigenvalue weighted by Crippen LogP contribution is -2.68. The molecule has 0 amide bonds. The van der Waals surface area contributed by atoms with Gasteiger partial charge in [-0.05, 0) is 13.0 Å². The van der Waals surface area contributed by atoms with Gasteiger partial charge in [-0.3, -0.25) is 0 Å². The van der Waals surface area contributed by atoms with Crippen molar-refractivity contribution in [1.82, 2.24) is 0 Å². The second-order valence-corrected chi connectivity index (χ2v) is 15.0. The van der Waals surface area contributed by atoms with Crippen molar-refractivity contribution in [3.05, 3.63) is 0 Å². The number of aliphatic hydroxyl groups is 15. The maximum Gasteiger partial charge on any atom is 0.335 e. The summed E-state index contributed by atoms with van der Waals surface area (Å²) in [5.41, 5.74) is 5.42. The predicted molar refractivity (Wildman–Crippen MR) is 184 cm³/mol. The van der Waals surface area contributed by atoms with Gasteiger partial charge in [-0.25, -0.2) is 4.79 Å². The molecule has 0 aromatic heterocycles. The quantitative estimate of drug-likeness (QED) is 0.0603. The summed E-state index contributed by atoms with van der Waals surface area (Å²) in [7, 11) is 0. The lowest BCUT2D eigenvalue weighted by Gasteiger charge is -2.49. The Morgan fingerprint density at radius 3 is 1.15 bits per heavy atom. The van der Waals surface area contributed by atoms with Crippen LogP contribution in [0.25, 0.3) is 0 Å². The summed E-state index contributed by atoms with van der Waals surface area (Å²) in [4.78, 5) is 12.4. The molecule has 0 spiro atoms. The van der Waals surface area contributed by atoms with Gasteiger partial charge < -0.3 is 135 Å². The van der Waals surface area contributed by atoms with Crippen LogP contribution < -0.4 is 5.73 Å². The molecule has 0 aromatic carbocycles. The van der Waals surface area contributed by atoms with Crippen LogP contribution in [0.1, 0.15) is 6.42 Å². The average molecular weight is 900 g/mol. The molecular formula is C33H57NO27. The molecule has 0 aliphatic carbocycles. The molecule has 5 saturated heterocycles. The molecule has 25 atom stereocenters. The van der Waals surface area contributed by atoms with Crippen molar-refractivity contribution in [2.45, 2.75) is 160 Å². The highest BCUT2D eigenvalue weighted by atomic mass is 16.8. The van der Waals surface area contributed by atoms with Gasteiger partial charge in [0.05, 0.1) is 33.0 Å². The van der Waals surface area contributed by atoms with Crippen LogP contribution in [0.2, 0.25) is 0 Å². The number of ether oxygens (including phenoxy) is 10. The fourth-order valence-corrected chi connectivity index (χ4v) is 7.41. The fourth-order valence-electron chi connectivity index (χ4n) is 7.41. The van der Waals surface area contributed by atoms with E-state index in [9.17, 15) is 86.5 Å². The zero-order chi connectivity index (χ0) is 45.0. The Hall–Kier alpha value is -1.57. The minimum Gasteiger partial charge on any atom is -0.479 e. The molecule has 28 heteroatoms. The summed E-state index contributed by atoms with van der Waals surface area (Å²) in [5, 5.41) is 168. The second kappa shape index (κ2) is 22.1. The molecule has 0 aromatic rings. The number of carboxylic acid groups (broad SMARTS) is 1. The van der Waals surface area contributed by atoms with E-state index in [1.165, 1.54) is 0 Å². The lowest BCUT2D eigenvalue weighted by atomic mass is 9.95. The summed E-state index contributed by atoms with van der Waals surface area (Å²) in [6, 6.07) is 0. The van der Waals surface area contributed by atoms with Crippen LogP contribution in [0.4, 0.5) is 0 Å². The monoisotopic (exact) mass is 899 g/mol. The zero-order valence-electron chi connectivity index (χ0n) is 32.1. The molecule has 0 saturated carbocycles. The number of hydrogen-bond donors (Lipinski definition) is 17. The van der Waals surface area contributed by atoms with Crippen LogP contribution >= 0.6 is 0 Å². The van der Waals surface area contributed by atoms with Crippen LogP contribution in [0, 0.1) is 0 Å². The van der Waals surface area contributed by atoms with Crippen molar-refractivity contribution < 1.29 is 134 Å². The first-order valence-electron chi connectivity index (χ1n) is 19.3. The number of rotatable bonds is 17. The van der Waals surface area contributed by atoms with Gasteiger partial charge in [0.25, 0.3) is 0 Å². The third-order valence-corrected chi connectivity index (χ3v) is 10.9. The largest absolute Gasteiger partial charge is 0.479 e. The molecule has 5 aliphatic rings. The number of carboxylic acids is 1. The zero-order valence-corrected chi connectivity index (χ0v) is 32.1. The lowest BCUT2D eigenvalue weighted by molar-refractivity contribution is -0.391. The molecular weight excluding hydrogens is 842 g/mol. The Bertz CT molecular complexity index is 1350. The van der Waals surface area contributed by atoms with Crippen molar-refractivity contribution >= 4 is 5.97 Å². The Kier molecular flexibility index (Phi) is 18.3. The van der Waals surface area contributed by atoms with Gasteiger partial charge in [0.2, 0.25) is 0 Å². The molecule has 0 bridgehead atoms. The second-order valence-electron chi connectivity index (χ2n) is 15.0. The number of carbonyl (C=O) groups is 1. The van der Waals surface area contributed by atoms with Crippen molar-refractivity contribution in [2.24, 2.45) is 5.73 Å². The van der Waals surface area contributed by atoms with E-state index in [1.807, 2.05) is 0 Å². The summed E-state index contributed by atoms with van der Waals surface area (Å²) in [6.45, 7) is -3.42. The molecule has 10 unspecified atom stereocenters. The number of hydrogen-bond acceptors (Lipinski definition) is 27. The van der Waals surface area contributed by atoms with Gasteiger partial charge in [0, 0.05) is 0 Å². The first kappa shape index (κ1) is 50.4. The van der Waals surface area contributed by atoms with E-state index in [-0.39, 0.29) is 13.2 Å². The highest BCUT2D eigenvalue weighted by Gasteiger charge is 2.57. The van der Waals surface area contributed by atoms with Gasteiger partial charge >= 0.3 is 5.97 Å². The average Bonchev–Trinajstić information content (AvgIpc) is 3.24. The fraction of sp³-hybridized carbons (Fsp3) is 0.970. The standard InChI is InChI=1S/C33H57NO27/c34-2-1-3-52-29-19(46)14(41)23(9(5-36)54-29)59-33-22(49)17(44)26(27(61-33)28(50)51)60-32-21(48)16(43)25(11(7-38)56-32)58-31-20(47)15(42)24(10(6-37)55-31)57-30-18(45)13(40)12(39)8(4-35)53-30/h8-27,29-33,35-49H,1-7,34H2,(H,50,51)/t8?,9?,10?,11?,12-,13?,14?,15-,16-,17?,18+,19+,20?,21?,22+,23-,24-,25+,26+,27?,29-,30+,31-,32-,33-/m1/s1. The molecule has 5 rings (SSSR count). The molecule has 356 valence electrons. The maximum absolute atomic E-state index is 12.4. The van der Waals surface area contributed by atoms with Crippen LogP contribution in [-0.2, 0) is 52.2 Å². The third-order valence-electron chi connectivity index (χ3n) is 10.9. The van der Waals surface area contributed by atoms with E-state index in [2.05, 4.69) is 0 Å². The van der Waals surface area contributed by atoms with Crippen LogP contribution in [0.3, 0.4) is 0 Å². The summed E-state index contributed by atoms with van der Waals surface area (Å²) in [5.74, 6) is -1.84. The van der Waals surface area contributed by atoms with E-state index in [4.69, 9.17) is 53.1 Å². The van der Waals surface area contributed by atoms with E-state index >= 15 is 0 Å². The van der Waals surface area contributed by atoms with Crippen LogP contribution in [0.15, 0.2) is 0 Å².